The molecule has 3 nitrogen and oxygen atoms in total. The van der Waals surface area contributed by atoms with Crippen LogP contribution in [0, 0.1) is 52.3 Å². The minimum atomic E-state index is 0.335. The Balaban J connectivity index is 1.24. The van der Waals surface area contributed by atoms with Gasteiger partial charge in [-0.15, -0.1) is 0 Å². The molecule has 1 aromatic carbocycles. The van der Waals surface area contributed by atoms with E-state index in [0.29, 0.717) is 16.9 Å². The number of nitrogen functional groups attached to an aromatic ring is 1. The molecule has 4 aliphatic carbocycles. The average Bonchev–Trinajstić information content (AvgIpc) is 3.22. The molecule has 37 heavy (non-hydrogen) atoms. The Labute approximate surface area is 228 Å². The van der Waals surface area contributed by atoms with Crippen LogP contribution >= 0.6 is 0 Å². The number of ether oxygens (including phenoxy) is 1. The zero-order chi connectivity index (χ0) is 26.4. The Morgan fingerprint density at radius 1 is 0.946 bits per heavy atom. The van der Waals surface area contributed by atoms with Gasteiger partial charge in [-0.1, -0.05) is 53.9 Å². The molecular formula is C34H56N2O. The number of hydrogen-bond donors (Lipinski definition) is 2. The molecule has 4 fully saturated rings. The zero-order valence-electron chi connectivity index (χ0n) is 24.8. The highest BCUT2D eigenvalue weighted by molar-refractivity contribution is 5.63. The summed E-state index contributed by atoms with van der Waals surface area (Å²) >= 11 is 0. The van der Waals surface area contributed by atoms with Gasteiger partial charge in [0.1, 0.15) is 5.75 Å². The molecule has 208 valence electrons. The molecule has 0 aromatic heterocycles. The molecule has 3 N–H and O–H groups in total. The summed E-state index contributed by atoms with van der Waals surface area (Å²) in [5.74, 6) is 7.37. The highest BCUT2D eigenvalue weighted by Gasteiger charge is 2.60. The van der Waals surface area contributed by atoms with Crippen LogP contribution in [0.4, 0.5) is 11.4 Å². The van der Waals surface area contributed by atoms with Gasteiger partial charge in [-0.2, -0.15) is 0 Å². The van der Waals surface area contributed by atoms with E-state index in [1.54, 1.807) is 0 Å². The highest BCUT2D eigenvalue weighted by atomic mass is 16.5. The van der Waals surface area contributed by atoms with Gasteiger partial charge in [0, 0.05) is 12.7 Å². The average molecular weight is 509 g/mol. The van der Waals surface area contributed by atoms with Crippen LogP contribution in [0.1, 0.15) is 112 Å². The van der Waals surface area contributed by atoms with Crippen LogP contribution in [0.25, 0.3) is 0 Å². The molecule has 0 bridgehead atoms. The standard InChI is InChI=1S/C34H56N2O/c1-22(2)8-7-9-23(3)28-13-14-29-27-12-10-24-20-26(37-32-15-11-25(35)21-31(32)36-6)16-18-33(24,4)30(27)17-19-34(28,29)5/h11,15,21-24,26-30,36H,7-10,12-14,16-20,35H2,1-6H3. The van der Waals surface area contributed by atoms with Crippen molar-refractivity contribution in [1.29, 1.82) is 0 Å². The van der Waals surface area contributed by atoms with Gasteiger partial charge in [-0.25, -0.2) is 0 Å². The lowest BCUT2D eigenvalue weighted by Crippen LogP contribution is -2.54. The SMILES string of the molecule is CNc1cc(N)ccc1OC1CCC2(C)C(CCC3C2CCC2(C)C(C(C)CCCC(C)C)CCC32)C1. The first-order valence-corrected chi connectivity index (χ1v) is 15.9. The van der Waals surface area contributed by atoms with Gasteiger partial charge in [0.2, 0.25) is 0 Å². The van der Waals surface area contributed by atoms with Crippen molar-refractivity contribution in [1.82, 2.24) is 0 Å². The second-order valence-electron chi connectivity index (χ2n) is 14.7. The highest BCUT2D eigenvalue weighted by Crippen LogP contribution is 2.68. The molecular weight excluding hydrogens is 452 g/mol. The summed E-state index contributed by atoms with van der Waals surface area (Å²) in [6.07, 6.45) is 17.2. The minimum absolute atomic E-state index is 0.335. The number of nitrogens with two attached hydrogens (primary N) is 1. The van der Waals surface area contributed by atoms with Crippen molar-refractivity contribution in [3.8, 4) is 5.75 Å². The maximum atomic E-state index is 6.62. The summed E-state index contributed by atoms with van der Waals surface area (Å²) < 4.78 is 6.62. The van der Waals surface area contributed by atoms with Crippen molar-refractivity contribution in [3.05, 3.63) is 18.2 Å². The number of anilines is 2. The third-order valence-corrected chi connectivity index (χ3v) is 12.4. The number of benzene rings is 1. The summed E-state index contributed by atoms with van der Waals surface area (Å²) in [5.41, 5.74) is 8.92. The van der Waals surface area contributed by atoms with Gasteiger partial charge >= 0.3 is 0 Å². The van der Waals surface area contributed by atoms with Gasteiger partial charge < -0.3 is 15.8 Å². The predicted octanol–water partition coefficient (Wildman–Crippen LogP) is 9.18. The fraction of sp³-hybridized carbons (Fsp3) is 0.824. The largest absolute Gasteiger partial charge is 0.488 e. The molecule has 0 spiro atoms. The lowest BCUT2D eigenvalue weighted by Gasteiger charge is -2.61. The number of nitrogens with one attached hydrogen (secondary N) is 1. The van der Waals surface area contributed by atoms with E-state index in [0.717, 1.165) is 58.5 Å². The van der Waals surface area contributed by atoms with Crippen molar-refractivity contribution in [2.45, 2.75) is 118 Å². The number of fused-ring (bicyclic) bond motifs is 5. The van der Waals surface area contributed by atoms with Crippen LogP contribution in [-0.2, 0) is 0 Å². The van der Waals surface area contributed by atoms with E-state index in [4.69, 9.17) is 10.5 Å². The smallest absolute Gasteiger partial charge is 0.142 e. The predicted molar refractivity (Wildman–Crippen MR) is 158 cm³/mol. The molecule has 0 aliphatic heterocycles. The van der Waals surface area contributed by atoms with Crippen LogP contribution < -0.4 is 15.8 Å². The summed E-state index contributed by atoms with van der Waals surface area (Å²) in [4.78, 5) is 0. The summed E-state index contributed by atoms with van der Waals surface area (Å²) in [6, 6.07) is 6.01. The van der Waals surface area contributed by atoms with Crippen LogP contribution in [-0.4, -0.2) is 13.2 Å². The van der Waals surface area contributed by atoms with E-state index in [1.165, 1.54) is 77.0 Å². The normalized spacial score (nSPS) is 40.0. The van der Waals surface area contributed by atoms with Crippen molar-refractivity contribution < 1.29 is 4.74 Å². The van der Waals surface area contributed by atoms with E-state index in [-0.39, 0.29) is 0 Å². The van der Waals surface area contributed by atoms with Crippen LogP contribution in [0.15, 0.2) is 18.2 Å². The maximum Gasteiger partial charge on any atom is 0.142 e. The van der Waals surface area contributed by atoms with Gasteiger partial charge in [-0.05, 0) is 128 Å². The lowest BCUT2D eigenvalue weighted by molar-refractivity contribution is -0.126. The van der Waals surface area contributed by atoms with E-state index in [2.05, 4.69) is 39.9 Å². The van der Waals surface area contributed by atoms with Gasteiger partial charge in [0.05, 0.1) is 11.8 Å². The molecule has 5 rings (SSSR count). The molecule has 3 heteroatoms. The monoisotopic (exact) mass is 508 g/mol. The molecule has 0 heterocycles. The first-order chi connectivity index (χ1) is 17.7. The Hall–Kier alpha value is -1.38. The third-order valence-electron chi connectivity index (χ3n) is 12.4. The van der Waals surface area contributed by atoms with Gasteiger partial charge in [0.25, 0.3) is 0 Å². The topological polar surface area (TPSA) is 47.3 Å². The van der Waals surface area contributed by atoms with Crippen molar-refractivity contribution in [2.75, 3.05) is 18.1 Å². The van der Waals surface area contributed by atoms with Gasteiger partial charge in [0.15, 0.2) is 0 Å². The minimum Gasteiger partial charge on any atom is -0.488 e. The quantitative estimate of drug-likeness (QED) is 0.344. The van der Waals surface area contributed by atoms with Crippen LogP contribution in [0.3, 0.4) is 0 Å². The van der Waals surface area contributed by atoms with Crippen molar-refractivity contribution in [2.24, 2.45) is 52.3 Å². The second kappa shape index (κ2) is 10.6. The Morgan fingerprint density at radius 2 is 1.70 bits per heavy atom. The van der Waals surface area contributed by atoms with Crippen molar-refractivity contribution >= 4 is 11.4 Å². The lowest BCUT2D eigenvalue weighted by atomic mass is 9.44. The Kier molecular flexibility index (Phi) is 7.83. The number of rotatable bonds is 8. The maximum absolute atomic E-state index is 6.62. The zero-order valence-corrected chi connectivity index (χ0v) is 24.8. The van der Waals surface area contributed by atoms with Crippen molar-refractivity contribution in [3.63, 3.8) is 0 Å². The third kappa shape index (κ3) is 5.03. The van der Waals surface area contributed by atoms with E-state index < -0.39 is 0 Å². The number of hydrogen-bond acceptors (Lipinski definition) is 3. The Bertz CT molecular complexity index is 928. The first kappa shape index (κ1) is 27.2. The van der Waals surface area contributed by atoms with E-state index in [1.807, 2.05) is 25.2 Å². The van der Waals surface area contributed by atoms with Gasteiger partial charge in [-0.3, -0.25) is 0 Å². The summed E-state index contributed by atoms with van der Waals surface area (Å²) in [6.45, 7) is 12.8. The molecule has 4 saturated carbocycles. The molecule has 0 amide bonds. The fourth-order valence-corrected chi connectivity index (χ4v) is 10.4. The Morgan fingerprint density at radius 3 is 2.46 bits per heavy atom. The van der Waals surface area contributed by atoms with E-state index in [9.17, 15) is 0 Å². The van der Waals surface area contributed by atoms with Crippen LogP contribution in [0.2, 0.25) is 0 Å². The molecule has 9 unspecified atom stereocenters. The summed E-state index contributed by atoms with van der Waals surface area (Å²) in [7, 11) is 1.96. The molecule has 4 aliphatic rings. The molecule has 0 radical (unpaired) electrons. The molecule has 1 aromatic rings. The fourth-order valence-electron chi connectivity index (χ4n) is 10.4. The molecule has 9 atom stereocenters. The van der Waals surface area contributed by atoms with E-state index >= 15 is 0 Å². The van der Waals surface area contributed by atoms with Crippen LogP contribution in [0.5, 0.6) is 5.75 Å². The first-order valence-electron chi connectivity index (χ1n) is 15.9. The second-order valence-corrected chi connectivity index (χ2v) is 14.7. The summed E-state index contributed by atoms with van der Waals surface area (Å²) in [5, 5.41) is 3.27. The molecule has 0 saturated heterocycles.